The Labute approximate surface area is 85.3 Å². The second-order valence-electron chi connectivity index (χ2n) is 3.75. The predicted molar refractivity (Wildman–Crippen MR) is 59.9 cm³/mol. The first-order chi connectivity index (χ1) is 6.02. The summed E-state index contributed by atoms with van der Waals surface area (Å²) in [5.41, 5.74) is 2.55. The third-order valence-corrected chi connectivity index (χ3v) is 2.33. The fourth-order valence-corrected chi connectivity index (χ4v) is 1.56. The van der Waals surface area contributed by atoms with Crippen LogP contribution >= 0.6 is 11.6 Å². The molecule has 0 aliphatic carbocycles. The Kier molecular flexibility index (Phi) is 3.21. The SMILES string of the molecule is CC(C)c1ccc(Cl)cc1N(C)C. The minimum atomic E-state index is 0.537. The minimum absolute atomic E-state index is 0.537. The van der Waals surface area contributed by atoms with Crippen molar-refractivity contribution in [1.82, 2.24) is 0 Å². The number of hydrogen-bond acceptors (Lipinski definition) is 1. The Hall–Kier alpha value is -0.690. The summed E-state index contributed by atoms with van der Waals surface area (Å²) in [6.45, 7) is 4.38. The van der Waals surface area contributed by atoms with E-state index in [-0.39, 0.29) is 0 Å². The molecule has 0 heterocycles. The van der Waals surface area contributed by atoms with Crippen molar-refractivity contribution < 1.29 is 0 Å². The van der Waals surface area contributed by atoms with Crippen molar-refractivity contribution in [3.05, 3.63) is 28.8 Å². The van der Waals surface area contributed by atoms with Crippen molar-refractivity contribution in [3.8, 4) is 0 Å². The summed E-state index contributed by atoms with van der Waals surface area (Å²) in [4.78, 5) is 2.10. The number of anilines is 1. The molecule has 0 bridgehead atoms. The normalized spacial score (nSPS) is 10.6. The van der Waals surface area contributed by atoms with Gasteiger partial charge in [0.25, 0.3) is 0 Å². The van der Waals surface area contributed by atoms with Gasteiger partial charge in [0.2, 0.25) is 0 Å². The van der Waals surface area contributed by atoms with Crippen molar-refractivity contribution in [2.75, 3.05) is 19.0 Å². The highest BCUT2D eigenvalue weighted by molar-refractivity contribution is 6.30. The topological polar surface area (TPSA) is 3.24 Å². The van der Waals surface area contributed by atoms with E-state index in [1.54, 1.807) is 0 Å². The molecular weight excluding hydrogens is 182 g/mol. The van der Waals surface area contributed by atoms with E-state index in [4.69, 9.17) is 11.6 Å². The van der Waals surface area contributed by atoms with E-state index in [9.17, 15) is 0 Å². The number of rotatable bonds is 2. The smallest absolute Gasteiger partial charge is 0.0426 e. The predicted octanol–water partition coefficient (Wildman–Crippen LogP) is 3.53. The van der Waals surface area contributed by atoms with Gasteiger partial charge in [-0.05, 0) is 23.6 Å². The van der Waals surface area contributed by atoms with Crippen LogP contribution in [0.4, 0.5) is 5.69 Å². The Bertz CT molecular complexity index is 292. The van der Waals surface area contributed by atoms with Crippen LogP contribution in [0.25, 0.3) is 0 Å². The average molecular weight is 198 g/mol. The third kappa shape index (κ3) is 2.38. The van der Waals surface area contributed by atoms with Crippen LogP contribution in [0.1, 0.15) is 25.3 Å². The van der Waals surface area contributed by atoms with Crippen molar-refractivity contribution in [2.24, 2.45) is 0 Å². The third-order valence-electron chi connectivity index (χ3n) is 2.10. The van der Waals surface area contributed by atoms with Gasteiger partial charge in [0.15, 0.2) is 0 Å². The van der Waals surface area contributed by atoms with Crippen LogP contribution in [0, 0.1) is 0 Å². The molecule has 1 aromatic rings. The number of nitrogens with zero attached hydrogens (tertiary/aromatic N) is 1. The summed E-state index contributed by atoms with van der Waals surface area (Å²) in [7, 11) is 4.08. The van der Waals surface area contributed by atoms with Crippen LogP contribution in [-0.4, -0.2) is 14.1 Å². The summed E-state index contributed by atoms with van der Waals surface area (Å²) < 4.78 is 0. The number of halogens is 1. The maximum absolute atomic E-state index is 5.94. The molecule has 0 saturated heterocycles. The molecule has 2 heteroatoms. The van der Waals surface area contributed by atoms with Gasteiger partial charge in [0.1, 0.15) is 0 Å². The minimum Gasteiger partial charge on any atom is -0.377 e. The molecule has 1 nitrogen and oxygen atoms in total. The largest absolute Gasteiger partial charge is 0.377 e. The van der Waals surface area contributed by atoms with Crippen molar-refractivity contribution in [2.45, 2.75) is 19.8 Å². The highest BCUT2D eigenvalue weighted by atomic mass is 35.5. The molecule has 1 rings (SSSR count). The zero-order valence-electron chi connectivity index (χ0n) is 8.63. The van der Waals surface area contributed by atoms with E-state index in [1.807, 2.05) is 26.2 Å². The van der Waals surface area contributed by atoms with Crippen LogP contribution in [0.3, 0.4) is 0 Å². The monoisotopic (exact) mass is 197 g/mol. The maximum Gasteiger partial charge on any atom is 0.0426 e. The van der Waals surface area contributed by atoms with E-state index in [2.05, 4.69) is 24.8 Å². The Morgan fingerprint density at radius 1 is 1.23 bits per heavy atom. The van der Waals surface area contributed by atoms with Gasteiger partial charge in [-0.1, -0.05) is 31.5 Å². The zero-order valence-corrected chi connectivity index (χ0v) is 9.39. The highest BCUT2D eigenvalue weighted by Gasteiger charge is 2.08. The first kappa shape index (κ1) is 10.4. The number of benzene rings is 1. The van der Waals surface area contributed by atoms with Crippen LogP contribution in [0.2, 0.25) is 5.02 Å². The summed E-state index contributed by atoms with van der Waals surface area (Å²) in [6.07, 6.45) is 0. The Balaban J connectivity index is 3.19. The fraction of sp³-hybridized carbons (Fsp3) is 0.455. The van der Waals surface area contributed by atoms with Gasteiger partial charge >= 0.3 is 0 Å². The second-order valence-corrected chi connectivity index (χ2v) is 4.19. The van der Waals surface area contributed by atoms with Gasteiger partial charge in [-0.2, -0.15) is 0 Å². The highest BCUT2D eigenvalue weighted by Crippen LogP contribution is 2.28. The molecule has 13 heavy (non-hydrogen) atoms. The maximum atomic E-state index is 5.94. The van der Waals surface area contributed by atoms with Gasteiger partial charge in [0.05, 0.1) is 0 Å². The second kappa shape index (κ2) is 4.01. The van der Waals surface area contributed by atoms with Gasteiger partial charge in [-0.25, -0.2) is 0 Å². The van der Waals surface area contributed by atoms with Gasteiger partial charge in [-0.15, -0.1) is 0 Å². The van der Waals surface area contributed by atoms with Crippen LogP contribution < -0.4 is 4.90 Å². The average Bonchev–Trinajstić information content (AvgIpc) is 2.03. The molecule has 0 fully saturated rings. The fourth-order valence-electron chi connectivity index (χ4n) is 1.39. The van der Waals surface area contributed by atoms with E-state index >= 15 is 0 Å². The van der Waals surface area contributed by atoms with E-state index in [0.29, 0.717) is 5.92 Å². The lowest BCUT2D eigenvalue weighted by atomic mass is 10.0. The molecule has 0 saturated carbocycles. The lowest BCUT2D eigenvalue weighted by Crippen LogP contribution is -2.11. The summed E-state index contributed by atoms with van der Waals surface area (Å²) in [6, 6.07) is 6.06. The van der Waals surface area contributed by atoms with Crippen LogP contribution in [0.5, 0.6) is 0 Å². The van der Waals surface area contributed by atoms with Gasteiger partial charge in [-0.3, -0.25) is 0 Å². The quantitative estimate of drug-likeness (QED) is 0.701. The first-order valence-electron chi connectivity index (χ1n) is 4.49. The zero-order chi connectivity index (χ0) is 10.0. The van der Waals surface area contributed by atoms with Crippen molar-refractivity contribution in [3.63, 3.8) is 0 Å². The molecule has 0 radical (unpaired) electrons. The van der Waals surface area contributed by atoms with E-state index in [1.165, 1.54) is 11.3 Å². The lowest BCUT2D eigenvalue weighted by Gasteiger charge is -2.19. The molecule has 0 amide bonds. The molecule has 0 aliphatic heterocycles. The summed E-state index contributed by atoms with van der Waals surface area (Å²) in [5.74, 6) is 0.537. The lowest BCUT2D eigenvalue weighted by molar-refractivity contribution is 0.859. The van der Waals surface area contributed by atoms with E-state index < -0.39 is 0 Å². The first-order valence-corrected chi connectivity index (χ1v) is 4.87. The summed E-state index contributed by atoms with van der Waals surface area (Å²) in [5, 5.41) is 0.799. The standard InChI is InChI=1S/C11H16ClN/c1-8(2)10-6-5-9(12)7-11(10)13(3)4/h5-8H,1-4H3. The molecule has 1 aromatic carbocycles. The number of hydrogen-bond donors (Lipinski definition) is 0. The van der Waals surface area contributed by atoms with Crippen molar-refractivity contribution >= 4 is 17.3 Å². The summed E-state index contributed by atoms with van der Waals surface area (Å²) >= 11 is 5.94. The molecule has 0 atom stereocenters. The Morgan fingerprint density at radius 2 is 1.85 bits per heavy atom. The molecule has 0 N–H and O–H groups in total. The molecule has 0 unspecified atom stereocenters. The molecule has 0 aromatic heterocycles. The van der Waals surface area contributed by atoms with E-state index in [0.717, 1.165) is 5.02 Å². The van der Waals surface area contributed by atoms with Crippen LogP contribution in [-0.2, 0) is 0 Å². The van der Waals surface area contributed by atoms with Crippen LogP contribution in [0.15, 0.2) is 18.2 Å². The molecule has 0 aliphatic rings. The van der Waals surface area contributed by atoms with Crippen molar-refractivity contribution in [1.29, 1.82) is 0 Å². The molecule has 72 valence electrons. The Morgan fingerprint density at radius 3 is 2.31 bits per heavy atom. The van der Waals surface area contributed by atoms with Gasteiger partial charge in [0, 0.05) is 24.8 Å². The molecular formula is C11H16ClN. The molecule has 0 spiro atoms. The van der Waals surface area contributed by atoms with Gasteiger partial charge < -0.3 is 4.90 Å².